The average Bonchev–Trinajstić information content (AvgIpc) is 2.32. The van der Waals surface area contributed by atoms with Gasteiger partial charge in [0.1, 0.15) is 0 Å². The van der Waals surface area contributed by atoms with Gasteiger partial charge in [0.25, 0.3) is 0 Å². The van der Waals surface area contributed by atoms with E-state index in [0.29, 0.717) is 6.04 Å². The summed E-state index contributed by atoms with van der Waals surface area (Å²) in [6.07, 6.45) is 8.73. The van der Waals surface area contributed by atoms with Crippen LogP contribution in [0.2, 0.25) is 0 Å². The van der Waals surface area contributed by atoms with E-state index in [1.807, 2.05) is 11.8 Å². The van der Waals surface area contributed by atoms with Gasteiger partial charge in [-0.05, 0) is 49.7 Å². The number of rotatable bonds is 7. The molecule has 3 heteroatoms. The minimum Gasteiger partial charge on any atom is -0.395 e. The monoisotopic (exact) mass is 245 g/mol. The molecule has 0 aromatic carbocycles. The third kappa shape index (κ3) is 5.55. The van der Waals surface area contributed by atoms with Gasteiger partial charge >= 0.3 is 0 Å². The molecule has 0 spiro atoms. The van der Waals surface area contributed by atoms with E-state index in [1.165, 1.54) is 25.7 Å². The zero-order valence-electron chi connectivity index (χ0n) is 10.7. The Labute approximate surface area is 105 Å². The van der Waals surface area contributed by atoms with E-state index in [-0.39, 0.29) is 6.61 Å². The number of aliphatic hydroxyl groups excluding tert-OH is 1. The fourth-order valence-electron chi connectivity index (χ4n) is 2.38. The molecule has 1 unspecified atom stereocenters. The van der Waals surface area contributed by atoms with Gasteiger partial charge in [0.05, 0.1) is 6.61 Å². The molecular formula is C13H27NOS. The summed E-state index contributed by atoms with van der Waals surface area (Å²) in [7, 11) is 0. The molecule has 1 atom stereocenters. The van der Waals surface area contributed by atoms with Gasteiger partial charge in [0.15, 0.2) is 0 Å². The molecular weight excluding hydrogens is 218 g/mol. The molecule has 1 rings (SSSR count). The molecule has 1 saturated carbocycles. The molecule has 0 saturated heterocycles. The SMILES string of the molecule is CSCCC(CO)NCC1CCC(C)CC1. The van der Waals surface area contributed by atoms with Crippen molar-refractivity contribution >= 4 is 11.8 Å². The number of aliphatic hydroxyl groups is 1. The first-order valence-electron chi connectivity index (χ1n) is 6.59. The first-order chi connectivity index (χ1) is 7.76. The van der Waals surface area contributed by atoms with Gasteiger partial charge in [-0.15, -0.1) is 0 Å². The van der Waals surface area contributed by atoms with E-state index in [4.69, 9.17) is 0 Å². The third-order valence-corrected chi connectivity index (χ3v) is 4.37. The molecule has 0 radical (unpaired) electrons. The number of hydrogen-bond acceptors (Lipinski definition) is 3. The smallest absolute Gasteiger partial charge is 0.0584 e. The fourth-order valence-corrected chi connectivity index (χ4v) is 2.90. The molecule has 0 aliphatic heterocycles. The molecule has 1 fully saturated rings. The maximum Gasteiger partial charge on any atom is 0.0584 e. The normalized spacial score (nSPS) is 27.9. The molecule has 0 aromatic rings. The Kier molecular flexibility index (Phi) is 7.50. The van der Waals surface area contributed by atoms with Gasteiger partial charge in [-0.2, -0.15) is 11.8 Å². The molecule has 2 N–H and O–H groups in total. The van der Waals surface area contributed by atoms with Crippen LogP contribution in [-0.2, 0) is 0 Å². The Balaban J connectivity index is 2.11. The third-order valence-electron chi connectivity index (χ3n) is 3.72. The number of thioether (sulfide) groups is 1. The Morgan fingerprint density at radius 1 is 1.31 bits per heavy atom. The molecule has 96 valence electrons. The lowest BCUT2D eigenvalue weighted by molar-refractivity contribution is 0.219. The topological polar surface area (TPSA) is 32.3 Å². The van der Waals surface area contributed by atoms with Crippen LogP contribution in [0.3, 0.4) is 0 Å². The second-order valence-corrected chi connectivity index (χ2v) is 6.18. The molecule has 1 aliphatic carbocycles. The van der Waals surface area contributed by atoms with Crippen LogP contribution in [0.25, 0.3) is 0 Å². The van der Waals surface area contributed by atoms with Crippen LogP contribution < -0.4 is 5.32 Å². The van der Waals surface area contributed by atoms with Crippen LogP contribution in [0, 0.1) is 11.8 Å². The summed E-state index contributed by atoms with van der Waals surface area (Å²) in [5.74, 6) is 2.92. The van der Waals surface area contributed by atoms with Crippen molar-refractivity contribution < 1.29 is 5.11 Å². The maximum atomic E-state index is 9.25. The van der Waals surface area contributed by atoms with Crippen molar-refractivity contribution in [3.63, 3.8) is 0 Å². The van der Waals surface area contributed by atoms with Crippen LogP contribution in [0.4, 0.5) is 0 Å². The molecule has 16 heavy (non-hydrogen) atoms. The minimum absolute atomic E-state index is 0.281. The van der Waals surface area contributed by atoms with Gasteiger partial charge in [0.2, 0.25) is 0 Å². The van der Waals surface area contributed by atoms with Gasteiger partial charge in [0, 0.05) is 6.04 Å². The molecule has 1 aliphatic rings. The second kappa shape index (κ2) is 8.37. The Bertz CT molecular complexity index is 165. The molecule has 0 amide bonds. The lowest BCUT2D eigenvalue weighted by Crippen LogP contribution is -2.37. The summed E-state index contributed by atoms with van der Waals surface area (Å²) in [6, 6.07) is 0.312. The first-order valence-corrected chi connectivity index (χ1v) is 7.98. The van der Waals surface area contributed by atoms with Crippen molar-refractivity contribution in [3.8, 4) is 0 Å². The molecule has 2 nitrogen and oxygen atoms in total. The van der Waals surface area contributed by atoms with Crippen LogP contribution in [0.5, 0.6) is 0 Å². The highest BCUT2D eigenvalue weighted by molar-refractivity contribution is 7.98. The predicted molar refractivity (Wildman–Crippen MR) is 73.0 cm³/mol. The highest BCUT2D eigenvalue weighted by Gasteiger charge is 2.18. The maximum absolute atomic E-state index is 9.25. The standard InChI is InChI=1S/C13H27NOS/c1-11-3-5-12(6-4-11)9-14-13(10-15)7-8-16-2/h11-15H,3-10H2,1-2H3. The zero-order valence-corrected chi connectivity index (χ0v) is 11.6. The van der Waals surface area contributed by atoms with Gasteiger partial charge in [-0.1, -0.05) is 19.8 Å². The lowest BCUT2D eigenvalue weighted by Gasteiger charge is -2.28. The highest BCUT2D eigenvalue weighted by atomic mass is 32.2. The van der Waals surface area contributed by atoms with E-state index in [9.17, 15) is 5.11 Å². The zero-order chi connectivity index (χ0) is 11.8. The minimum atomic E-state index is 0.281. The van der Waals surface area contributed by atoms with Crippen LogP contribution in [0.15, 0.2) is 0 Å². The largest absolute Gasteiger partial charge is 0.395 e. The van der Waals surface area contributed by atoms with Gasteiger partial charge < -0.3 is 10.4 Å². The molecule has 0 aromatic heterocycles. The van der Waals surface area contributed by atoms with Gasteiger partial charge in [-0.25, -0.2) is 0 Å². The van der Waals surface area contributed by atoms with E-state index in [1.54, 1.807) is 0 Å². The van der Waals surface area contributed by atoms with Crippen molar-refractivity contribution in [1.82, 2.24) is 5.32 Å². The van der Waals surface area contributed by atoms with E-state index >= 15 is 0 Å². The quantitative estimate of drug-likeness (QED) is 0.723. The predicted octanol–water partition coefficient (Wildman–Crippen LogP) is 2.52. The lowest BCUT2D eigenvalue weighted by atomic mass is 9.83. The average molecular weight is 245 g/mol. The summed E-state index contributed by atoms with van der Waals surface area (Å²) in [5.41, 5.74) is 0. The van der Waals surface area contributed by atoms with E-state index in [2.05, 4.69) is 18.5 Å². The Hall–Kier alpha value is 0.270. The summed E-state index contributed by atoms with van der Waals surface area (Å²) in [6.45, 7) is 3.74. The van der Waals surface area contributed by atoms with Crippen LogP contribution in [-0.4, -0.2) is 36.3 Å². The summed E-state index contributed by atoms with van der Waals surface area (Å²) >= 11 is 1.86. The first kappa shape index (κ1) is 14.3. The number of nitrogens with one attached hydrogen (secondary N) is 1. The Morgan fingerprint density at radius 3 is 2.56 bits per heavy atom. The van der Waals surface area contributed by atoms with Crippen LogP contribution in [0.1, 0.15) is 39.0 Å². The van der Waals surface area contributed by atoms with Crippen molar-refractivity contribution in [2.75, 3.05) is 25.2 Å². The fraction of sp³-hybridized carbons (Fsp3) is 1.00. The second-order valence-electron chi connectivity index (χ2n) is 5.20. The highest BCUT2D eigenvalue weighted by Crippen LogP contribution is 2.27. The van der Waals surface area contributed by atoms with E-state index in [0.717, 1.165) is 30.6 Å². The molecule has 0 bridgehead atoms. The van der Waals surface area contributed by atoms with Crippen molar-refractivity contribution in [2.24, 2.45) is 11.8 Å². The van der Waals surface area contributed by atoms with E-state index < -0.39 is 0 Å². The van der Waals surface area contributed by atoms with Crippen molar-refractivity contribution in [1.29, 1.82) is 0 Å². The van der Waals surface area contributed by atoms with Crippen LogP contribution >= 0.6 is 11.8 Å². The van der Waals surface area contributed by atoms with Crippen molar-refractivity contribution in [2.45, 2.75) is 45.1 Å². The van der Waals surface area contributed by atoms with Gasteiger partial charge in [-0.3, -0.25) is 0 Å². The summed E-state index contributed by atoms with van der Waals surface area (Å²) in [5, 5.41) is 12.8. The Morgan fingerprint density at radius 2 is 2.00 bits per heavy atom. The summed E-state index contributed by atoms with van der Waals surface area (Å²) in [4.78, 5) is 0. The number of hydrogen-bond donors (Lipinski definition) is 2. The summed E-state index contributed by atoms with van der Waals surface area (Å²) < 4.78 is 0. The van der Waals surface area contributed by atoms with Crippen molar-refractivity contribution in [3.05, 3.63) is 0 Å². The molecule has 0 heterocycles.